The highest BCUT2D eigenvalue weighted by Crippen LogP contribution is 2.21. The van der Waals surface area contributed by atoms with Crippen LogP contribution in [0.15, 0.2) is 12.1 Å². The average Bonchev–Trinajstić information content (AvgIpc) is 2.74. The monoisotopic (exact) mass is 261 g/mol. The number of nitrogens with one attached hydrogen (secondary N) is 1. The van der Waals surface area contributed by atoms with Crippen molar-refractivity contribution in [1.82, 2.24) is 5.32 Å². The maximum absolute atomic E-state index is 11.6. The number of thiophene rings is 1. The number of hydrogen-bond acceptors (Lipinski definition) is 4. The SMILES string of the molecule is O=C(NC[C@@H]1COCCO1)c1ccc(Cl)s1. The van der Waals surface area contributed by atoms with Crippen molar-refractivity contribution in [3.05, 3.63) is 21.3 Å². The van der Waals surface area contributed by atoms with Crippen LogP contribution in [0.5, 0.6) is 0 Å². The number of amides is 1. The van der Waals surface area contributed by atoms with Gasteiger partial charge in [0.1, 0.15) is 0 Å². The molecule has 16 heavy (non-hydrogen) atoms. The van der Waals surface area contributed by atoms with Crippen LogP contribution in [-0.4, -0.2) is 38.4 Å². The zero-order chi connectivity index (χ0) is 11.4. The summed E-state index contributed by atoms with van der Waals surface area (Å²) in [6.07, 6.45) is -0.0480. The van der Waals surface area contributed by atoms with Gasteiger partial charge in [0.15, 0.2) is 0 Å². The van der Waals surface area contributed by atoms with Crippen molar-refractivity contribution < 1.29 is 14.3 Å². The third-order valence-corrected chi connectivity index (χ3v) is 3.40. The third kappa shape index (κ3) is 3.18. The second-order valence-corrected chi connectivity index (χ2v) is 5.10. The molecule has 0 aliphatic carbocycles. The zero-order valence-electron chi connectivity index (χ0n) is 8.57. The quantitative estimate of drug-likeness (QED) is 0.898. The van der Waals surface area contributed by atoms with Crippen LogP contribution in [0.4, 0.5) is 0 Å². The van der Waals surface area contributed by atoms with Gasteiger partial charge in [0.05, 0.1) is 35.1 Å². The summed E-state index contributed by atoms with van der Waals surface area (Å²) in [5.41, 5.74) is 0. The lowest BCUT2D eigenvalue weighted by Crippen LogP contribution is -2.39. The molecule has 4 nitrogen and oxygen atoms in total. The Hall–Kier alpha value is -0.620. The molecular weight excluding hydrogens is 250 g/mol. The first-order chi connectivity index (χ1) is 7.75. The molecule has 0 unspecified atom stereocenters. The van der Waals surface area contributed by atoms with E-state index in [9.17, 15) is 4.79 Å². The molecule has 2 heterocycles. The van der Waals surface area contributed by atoms with Crippen LogP contribution < -0.4 is 5.32 Å². The molecule has 1 aliphatic rings. The molecule has 1 atom stereocenters. The van der Waals surface area contributed by atoms with E-state index in [0.717, 1.165) is 0 Å². The first-order valence-electron chi connectivity index (χ1n) is 4.98. The predicted octanol–water partition coefficient (Wildman–Crippen LogP) is 1.55. The number of rotatable bonds is 3. The largest absolute Gasteiger partial charge is 0.376 e. The van der Waals surface area contributed by atoms with Crippen LogP contribution in [0.1, 0.15) is 9.67 Å². The lowest BCUT2D eigenvalue weighted by Gasteiger charge is -2.22. The Morgan fingerprint density at radius 1 is 1.56 bits per heavy atom. The standard InChI is InChI=1S/C10H12ClNO3S/c11-9-2-1-8(16-9)10(13)12-5-7-6-14-3-4-15-7/h1-2,7H,3-6H2,(H,12,13)/t7-/m1/s1. The van der Waals surface area contributed by atoms with Crippen LogP contribution in [0, 0.1) is 0 Å². The molecule has 88 valence electrons. The molecule has 1 aromatic rings. The van der Waals surface area contributed by atoms with E-state index in [1.165, 1.54) is 11.3 Å². The Morgan fingerprint density at radius 2 is 2.44 bits per heavy atom. The van der Waals surface area contributed by atoms with Gasteiger partial charge in [0, 0.05) is 6.54 Å². The molecule has 1 saturated heterocycles. The molecule has 1 fully saturated rings. The van der Waals surface area contributed by atoms with Crippen molar-refractivity contribution in [2.45, 2.75) is 6.10 Å². The zero-order valence-corrected chi connectivity index (χ0v) is 10.1. The molecule has 1 amide bonds. The van der Waals surface area contributed by atoms with E-state index in [-0.39, 0.29) is 12.0 Å². The van der Waals surface area contributed by atoms with Gasteiger partial charge in [0.25, 0.3) is 5.91 Å². The summed E-state index contributed by atoms with van der Waals surface area (Å²) in [5.74, 6) is -0.119. The van der Waals surface area contributed by atoms with E-state index in [1.54, 1.807) is 12.1 Å². The van der Waals surface area contributed by atoms with E-state index in [0.29, 0.717) is 35.6 Å². The van der Waals surface area contributed by atoms with E-state index in [1.807, 2.05) is 0 Å². The normalized spacial score (nSPS) is 20.7. The fraction of sp³-hybridized carbons (Fsp3) is 0.500. The highest BCUT2D eigenvalue weighted by atomic mass is 35.5. The van der Waals surface area contributed by atoms with Crippen LogP contribution in [-0.2, 0) is 9.47 Å². The maximum atomic E-state index is 11.6. The summed E-state index contributed by atoms with van der Waals surface area (Å²) >= 11 is 7.01. The summed E-state index contributed by atoms with van der Waals surface area (Å²) in [6.45, 7) is 2.22. The van der Waals surface area contributed by atoms with Gasteiger partial charge in [-0.15, -0.1) is 11.3 Å². The Morgan fingerprint density at radius 3 is 3.06 bits per heavy atom. The molecule has 0 bridgehead atoms. The Balaban J connectivity index is 1.79. The predicted molar refractivity (Wildman–Crippen MR) is 62.2 cm³/mol. The van der Waals surface area contributed by atoms with Gasteiger partial charge < -0.3 is 14.8 Å². The number of ether oxygens (including phenoxy) is 2. The highest BCUT2D eigenvalue weighted by Gasteiger charge is 2.16. The molecule has 0 saturated carbocycles. The fourth-order valence-electron chi connectivity index (χ4n) is 1.38. The minimum absolute atomic E-state index is 0.0480. The third-order valence-electron chi connectivity index (χ3n) is 2.17. The van der Waals surface area contributed by atoms with Crippen LogP contribution in [0.2, 0.25) is 4.34 Å². The van der Waals surface area contributed by atoms with Gasteiger partial charge in [-0.25, -0.2) is 0 Å². The number of halogens is 1. The second-order valence-electron chi connectivity index (χ2n) is 3.38. The lowest BCUT2D eigenvalue weighted by atomic mass is 10.3. The summed E-state index contributed by atoms with van der Waals surface area (Å²) in [6, 6.07) is 3.42. The van der Waals surface area contributed by atoms with Gasteiger partial charge in [0.2, 0.25) is 0 Å². The summed E-state index contributed by atoms with van der Waals surface area (Å²) in [5, 5.41) is 2.79. The van der Waals surface area contributed by atoms with Crippen molar-refractivity contribution in [2.75, 3.05) is 26.4 Å². The van der Waals surface area contributed by atoms with E-state index >= 15 is 0 Å². The summed E-state index contributed by atoms with van der Waals surface area (Å²) < 4.78 is 11.2. The molecule has 1 N–H and O–H groups in total. The average molecular weight is 262 g/mol. The van der Waals surface area contributed by atoms with Gasteiger partial charge >= 0.3 is 0 Å². The fourth-order valence-corrected chi connectivity index (χ4v) is 2.34. The Bertz CT molecular complexity index is 363. The molecule has 6 heteroatoms. The molecule has 0 aromatic carbocycles. The minimum atomic E-state index is -0.119. The number of carbonyl (C=O) groups excluding carboxylic acids is 1. The first kappa shape index (κ1) is 11.9. The molecule has 1 aliphatic heterocycles. The molecular formula is C10H12ClNO3S. The summed E-state index contributed by atoms with van der Waals surface area (Å²) in [7, 11) is 0. The minimum Gasteiger partial charge on any atom is -0.376 e. The Labute approximate surface area is 102 Å². The van der Waals surface area contributed by atoms with E-state index in [2.05, 4.69) is 5.32 Å². The van der Waals surface area contributed by atoms with Crippen molar-refractivity contribution in [2.24, 2.45) is 0 Å². The molecule has 1 aromatic heterocycles. The van der Waals surface area contributed by atoms with Crippen molar-refractivity contribution in [1.29, 1.82) is 0 Å². The van der Waals surface area contributed by atoms with Crippen molar-refractivity contribution in [3.8, 4) is 0 Å². The van der Waals surface area contributed by atoms with Crippen LogP contribution >= 0.6 is 22.9 Å². The molecule has 2 rings (SSSR count). The topological polar surface area (TPSA) is 47.6 Å². The summed E-state index contributed by atoms with van der Waals surface area (Å²) in [4.78, 5) is 12.3. The van der Waals surface area contributed by atoms with E-state index in [4.69, 9.17) is 21.1 Å². The van der Waals surface area contributed by atoms with Gasteiger partial charge in [-0.1, -0.05) is 11.6 Å². The maximum Gasteiger partial charge on any atom is 0.261 e. The van der Waals surface area contributed by atoms with Gasteiger partial charge in [-0.2, -0.15) is 0 Å². The lowest BCUT2D eigenvalue weighted by molar-refractivity contribution is -0.0855. The van der Waals surface area contributed by atoms with Gasteiger partial charge in [-0.3, -0.25) is 4.79 Å². The molecule has 0 radical (unpaired) electrons. The van der Waals surface area contributed by atoms with Crippen molar-refractivity contribution in [3.63, 3.8) is 0 Å². The van der Waals surface area contributed by atoms with Gasteiger partial charge in [-0.05, 0) is 12.1 Å². The van der Waals surface area contributed by atoms with Crippen molar-refractivity contribution >= 4 is 28.8 Å². The second kappa shape index (κ2) is 5.63. The van der Waals surface area contributed by atoms with Crippen LogP contribution in [0.3, 0.4) is 0 Å². The number of carbonyl (C=O) groups is 1. The Kier molecular flexibility index (Phi) is 4.17. The van der Waals surface area contributed by atoms with E-state index < -0.39 is 0 Å². The van der Waals surface area contributed by atoms with Crippen LogP contribution in [0.25, 0.3) is 0 Å². The first-order valence-corrected chi connectivity index (χ1v) is 6.18. The number of hydrogen-bond donors (Lipinski definition) is 1. The molecule has 0 spiro atoms. The highest BCUT2D eigenvalue weighted by molar-refractivity contribution is 7.17. The smallest absolute Gasteiger partial charge is 0.261 e.